The zero-order valence-corrected chi connectivity index (χ0v) is 15.7. The van der Waals surface area contributed by atoms with Crippen molar-refractivity contribution in [3.05, 3.63) is 42.1 Å². The van der Waals surface area contributed by atoms with Crippen LogP contribution in [0.4, 0.5) is 17.5 Å². The second kappa shape index (κ2) is 8.10. The Kier molecular flexibility index (Phi) is 5.40. The standard InChI is InChI=1S/C20H27N5O2/c1-24(16-5-3-2-4-6-16)9-8-21-19-11-18(15-7-10-27-14-15)22-20(23-19)25-12-17(26)13-25/h2-6,11,15,17,26H,7-10,12-14H2,1H3,(H,21,22,23)/t15-/m1/s1. The van der Waals surface area contributed by atoms with Gasteiger partial charge in [-0.15, -0.1) is 0 Å². The van der Waals surface area contributed by atoms with Crippen molar-refractivity contribution < 1.29 is 9.84 Å². The lowest BCUT2D eigenvalue weighted by Crippen LogP contribution is -2.51. The van der Waals surface area contributed by atoms with Crippen molar-refractivity contribution in [1.29, 1.82) is 0 Å². The van der Waals surface area contributed by atoms with Gasteiger partial charge in [0.1, 0.15) is 5.82 Å². The molecule has 1 atom stereocenters. The average molecular weight is 369 g/mol. The molecule has 2 aliphatic heterocycles. The maximum absolute atomic E-state index is 9.60. The van der Waals surface area contributed by atoms with Crippen molar-refractivity contribution in [2.24, 2.45) is 0 Å². The number of hydrogen-bond donors (Lipinski definition) is 2. The molecule has 4 rings (SSSR count). The van der Waals surface area contributed by atoms with Crippen LogP contribution in [-0.4, -0.2) is 67.6 Å². The fourth-order valence-corrected chi connectivity index (χ4v) is 3.44. The molecule has 2 fully saturated rings. The molecule has 7 nitrogen and oxygen atoms in total. The zero-order chi connectivity index (χ0) is 18.6. The molecule has 1 aromatic heterocycles. The van der Waals surface area contributed by atoms with Gasteiger partial charge in [-0.3, -0.25) is 0 Å². The van der Waals surface area contributed by atoms with Gasteiger partial charge in [-0.05, 0) is 18.6 Å². The van der Waals surface area contributed by atoms with Crippen molar-refractivity contribution in [3.63, 3.8) is 0 Å². The molecule has 7 heteroatoms. The number of hydrogen-bond acceptors (Lipinski definition) is 7. The monoisotopic (exact) mass is 369 g/mol. The first-order valence-electron chi connectivity index (χ1n) is 9.59. The van der Waals surface area contributed by atoms with E-state index in [-0.39, 0.29) is 6.10 Å². The maximum Gasteiger partial charge on any atom is 0.227 e. The van der Waals surface area contributed by atoms with Crippen molar-refractivity contribution >= 4 is 17.5 Å². The Labute approximate surface area is 160 Å². The summed E-state index contributed by atoms with van der Waals surface area (Å²) in [5.74, 6) is 1.86. The highest BCUT2D eigenvalue weighted by Crippen LogP contribution is 2.28. The van der Waals surface area contributed by atoms with Crippen molar-refractivity contribution in [1.82, 2.24) is 9.97 Å². The summed E-state index contributed by atoms with van der Waals surface area (Å²) in [6.45, 7) is 4.35. The molecular weight excluding hydrogens is 342 g/mol. The summed E-state index contributed by atoms with van der Waals surface area (Å²) in [6, 6.07) is 12.4. The van der Waals surface area contributed by atoms with Gasteiger partial charge in [-0.1, -0.05) is 18.2 Å². The third-order valence-corrected chi connectivity index (χ3v) is 5.18. The fourth-order valence-electron chi connectivity index (χ4n) is 3.44. The highest BCUT2D eigenvalue weighted by molar-refractivity contribution is 5.48. The van der Waals surface area contributed by atoms with Crippen molar-refractivity contribution in [2.45, 2.75) is 18.4 Å². The van der Waals surface area contributed by atoms with Gasteiger partial charge < -0.3 is 25.0 Å². The van der Waals surface area contributed by atoms with E-state index in [0.29, 0.717) is 25.0 Å². The minimum Gasteiger partial charge on any atom is -0.389 e. The molecule has 0 radical (unpaired) electrons. The van der Waals surface area contributed by atoms with Crippen LogP contribution in [0.3, 0.4) is 0 Å². The number of aliphatic hydroxyl groups is 1. The molecule has 27 heavy (non-hydrogen) atoms. The van der Waals surface area contributed by atoms with Crippen LogP contribution in [0.1, 0.15) is 18.0 Å². The van der Waals surface area contributed by atoms with E-state index in [2.05, 4.69) is 34.4 Å². The van der Waals surface area contributed by atoms with Gasteiger partial charge in [-0.2, -0.15) is 4.98 Å². The Morgan fingerprint density at radius 1 is 1.26 bits per heavy atom. The second-order valence-corrected chi connectivity index (χ2v) is 7.28. The first-order chi connectivity index (χ1) is 13.2. The molecule has 0 spiro atoms. The number of nitrogens with zero attached hydrogens (tertiary/aromatic N) is 4. The molecule has 2 aromatic rings. The van der Waals surface area contributed by atoms with E-state index < -0.39 is 0 Å². The zero-order valence-electron chi connectivity index (χ0n) is 15.7. The smallest absolute Gasteiger partial charge is 0.227 e. The highest BCUT2D eigenvalue weighted by atomic mass is 16.5. The Morgan fingerprint density at radius 2 is 2.07 bits per heavy atom. The summed E-state index contributed by atoms with van der Waals surface area (Å²) in [4.78, 5) is 13.6. The van der Waals surface area contributed by atoms with Crippen LogP contribution < -0.4 is 15.1 Å². The van der Waals surface area contributed by atoms with Gasteiger partial charge in [0.2, 0.25) is 5.95 Å². The topological polar surface area (TPSA) is 73.8 Å². The lowest BCUT2D eigenvalue weighted by molar-refractivity contribution is 0.140. The molecule has 0 aliphatic carbocycles. The van der Waals surface area contributed by atoms with E-state index in [1.54, 1.807) is 0 Å². The minimum atomic E-state index is -0.275. The van der Waals surface area contributed by atoms with E-state index >= 15 is 0 Å². The number of benzene rings is 1. The molecule has 0 unspecified atom stereocenters. The summed E-state index contributed by atoms with van der Waals surface area (Å²) in [5, 5.41) is 13.0. The van der Waals surface area contributed by atoms with E-state index in [1.165, 1.54) is 5.69 Å². The van der Waals surface area contributed by atoms with Crippen LogP contribution in [0, 0.1) is 0 Å². The van der Waals surface area contributed by atoms with E-state index in [0.717, 1.165) is 44.2 Å². The first kappa shape index (κ1) is 18.0. The number of aliphatic hydroxyl groups excluding tert-OH is 1. The summed E-state index contributed by atoms with van der Waals surface area (Å²) < 4.78 is 5.53. The first-order valence-corrected chi connectivity index (χ1v) is 9.59. The number of ether oxygens (including phenoxy) is 1. The molecule has 2 aliphatic rings. The molecule has 2 saturated heterocycles. The lowest BCUT2D eigenvalue weighted by Gasteiger charge is -2.36. The quantitative estimate of drug-likeness (QED) is 0.770. The Morgan fingerprint density at radius 3 is 2.78 bits per heavy atom. The van der Waals surface area contributed by atoms with Gasteiger partial charge in [0.15, 0.2) is 0 Å². The molecule has 0 bridgehead atoms. The molecule has 0 saturated carbocycles. The highest BCUT2D eigenvalue weighted by Gasteiger charge is 2.28. The van der Waals surface area contributed by atoms with Crippen molar-refractivity contribution in [2.75, 3.05) is 61.6 Å². The molecule has 3 heterocycles. The number of likely N-dealkylation sites (N-methyl/N-ethyl adjacent to an activating group) is 1. The van der Waals surface area contributed by atoms with Crippen LogP contribution in [-0.2, 0) is 4.74 Å². The van der Waals surface area contributed by atoms with Gasteiger partial charge in [0, 0.05) is 57.5 Å². The Bertz CT molecular complexity index is 745. The lowest BCUT2D eigenvalue weighted by atomic mass is 10.0. The summed E-state index contributed by atoms with van der Waals surface area (Å²) >= 11 is 0. The summed E-state index contributed by atoms with van der Waals surface area (Å²) in [5.41, 5.74) is 2.22. The average Bonchev–Trinajstić information content (AvgIpc) is 3.21. The molecular formula is C20H27N5O2. The van der Waals surface area contributed by atoms with Crippen LogP contribution in [0.15, 0.2) is 36.4 Å². The van der Waals surface area contributed by atoms with E-state index in [9.17, 15) is 5.11 Å². The number of β-amino-alcohol motifs (C(OH)–C–C–N with tert-alkyl or cyclic N) is 1. The SMILES string of the molecule is CN(CCNc1cc([C@@H]2CCOC2)nc(N2CC(O)C2)n1)c1ccccc1. The van der Waals surface area contributed by atoms with E-state index in [1.807, 2.05) is 29.2 Å². The third-order valence-electron chi connectivity index (χ3n) is 5.18. The third kappa shape index (κ3) is 4.31. The van der Waals surface area contributed by atoms with Gasteiger partial charge in [0.25, 0.3) is 0 Å². The minimum absolute atomic E-state index is 0.275. The summed E-state index contributed by atoms with van der Waals surface area (Å²) in [6.07, 6.45) is 0.720. The largest absolute Gasteiger partial charge is 0.389 e. The van der Waals surface area contributed by atoms with Crippen LogP contribution >= 0.6 is 0 Å². The maximum atomic E-state index is 9.60. The summed E-state index contributed by atoms with van der Waals surface area (Å²) in [7, 11) is 2.09. The normalized spacial score (nSPS) is 19.8. The number of aromatic nitrogens is 2. The predicted octanol–water partition coefficient (Wildman–Crippen LogP) is 1.71. The molecule has 0 amide bonds. The van der Waals surface area contributed by atoms with E-state index in [4.69, 9.17) is 9.72 Å². The van der Waals surface area contributed by atoms with Gasteiger partial charge in [-0.25, -0.2) is 4.98 Å². The molecule has 1 aromatic carbocycles. The number of para-hydroxylation sites is 1. The molecule has 2 N–H and O–H groups in total. The second-order valence-electron chi connectivity index (χ2n) is 7.28. The van der Waals surface area contributed by atoms with Gasteiger partial charge in [0.05, 0.1) is 18.4 Å². The number of anilines is 3. The van der Waals surface area contributed by atoms with Crippen molar-refractivity contribution in [3.8, 4) is 0 Å². The predicted molar refractivity (Wildman–Crippen MR) is 107 cm³/mol. The molecule has 144 valence electrons. The van der Waals surface area contributed by atoms with Crippen LogP contribution in [0.5, 0.6) is 0 Å². The van der Waals surface area contributed by atoms with Gasteiger partial charge >= 0.3 is 0 Å². The number of rotatable bonds is 7. The fraction of sp³-hybridized carbons (Fsp3) is 0.500. The number of nitrogens with one attached hydrogen (secondary N) is 1. The van der Waals surface area contributed by atoms with Crippen LogP contribution in [0.2, 0.25) is 0 Å². The Hall–Kier alpha value is -2.38. The van der Waals surface area contributed by atoms with Crippen LogP contribution in [0.25, 0.3) is 0 Å². The Balaban J connectivity index is 1.42.